The van der Waals surface area contributed by atoms with Crippen molar-refractivity contribution in [3.63, 3.8) is 0 Å². The molecule has 2 N–H and O–H groups in total. The first kappa shape index (κ1) is 19.7. The van der Waals surface area contributed by atoms with Gasteiger partial charge in [-0.15, -0.1) is 0 Å². The fourth-order valence-electron chi connectivity index (χ4n) is 2.73. The zero-order valence-corrected chi connectivity index (χ0v) is 16.0. The molecule has 0 aliphatic carbocycles. The summed E-state index contributed by atoms with van der Waals surface area (Å²) in [5.41, 5.74) is 4.31. The molecule has 26 heavy (non-hydrogen) atoms. The van der Waals surface area contributed by atoms with Crippen molar-refractivity contribution in [2.45, 2.75) is 20.8 Å². The summed E-state index contributed by atoms with van der Waals surface area (Å²) in [6.07, 6.45) is 3.26. The van der Waals surface area contributed by atoms with Gasteiger partial charge in [0.1, 0.15) is 0 Å². The van der Waals surface area contributed by atoms with Crippen LogP contribution < -0.4 is 15.5 Å². The molecule has 2 rings (SSSR count). The van der Waals surface area contributed by atoms with Crippen molar-refractivity contribution in [3.8, 4) is 0 Å². The molecule has 0 saturated heterocycles. The minimum absolute atomic E-state index is 0.174. The number of aromatic nitrogens is 1. The van der Waals surface area contributed by atoms with Gasteiger partial charge in [-0.25, -0.2) is 0 Å². The topological polar surface area (TPSA) is 66.5 Å². The predicted octanol–water partition coefficient (Wildman–Crippen LogP) is 3.55. The standard InChI is InChI=1S/C20H28N4O2/c1-5-24(6-2)18-7-8-19(15(3)11-18)23-20(25)16-12-17(14-21-13-16)22-9-10-26-4/h7-8,11-14,22H,5-6,9-10H2,1-4H3,(H,23,25). The van der Waals surface area contributed by atoms with E-state index in [9.17, 15) is 4.79 Å². The Balaban J connectivity index is 2.08. The second-order valence-electron chi connectivity index (χ2n) is 6.01. The van der Waals surface area contributed by atoms with Crippen molar-refractivity contribution in [3.05, 3.63) is 47.8 Å². The zero-order valence-electron chi connectivity index (χ0n) is 16.0. The Morgan fingerprint density at radius 3 is 2.62 bits per heavy atom. The fourth-order valence-corrected chi connectivity index (χ4v) is 2.73. The number of pyridine rings is 1. The van der Waals surface area contributed by atoms with Gasteiger partial charge in [-0.1, -0.05) is 0 Å². The molecule has 0 saturated carbocycles. The summed E-state index contributed by atoms with van der Waals surface area (Å²) in [6, 6.07) is 7.88. The molecule has 1 aromatic carbocycles. The molecule has 0 aliphatic rings. The summed E-state index contributed by atoms with van der Waals surface area (Å²) in [6.45, 7) is 9.43. The molecule has 0 bridgehead atoms. The molecule has 2 aromatic rings. The van der Waals surface area contributed by atoms with E-state index in [1.807, 2.05) is 19.1 Å². The smallest absolute Gasteiger partial charge is 0.257 e. The van der Waals surface area contributed by atoms with Crippen molar-refractivity contribution in [2.24, 2.45) is 0 Å². The molecule has 0 aliphatic heterocycles. The molecular weight excluding hydrogens is 328 g/mol. The molecule has 0 spiro atoms. The van der Waals surface area contributed by atoms with Crippen LogP contribution in [-0.4, -0.2) is 44.2 Å². The van der Waals surface area contributed by atoms with Crippen molar-refractivity contribution < 1.29 is 9.53 Å². The number of aryl methyl sites for hydroxylation is 1. The summed E-state index contributed by atoms with van der Waals surface area (Å²) in [4.78, 5) is 19.0. The van der Waals surface area contributed by atoms with Crippen molar-refractivity contribution in [2.75, 3.05) is 48.9 Å². The van der Waals surface area contributed by atoms with Gasteiger partial charge in [-0.05, 0) is 50.6 Å². The molecule has 140 valence electrons. The first-order valence-electron chi connectivity index (χ1n) is 8.93. The van der Waals surface area contributed by atoms with Crippen LogP contribution in [0.2, 0.25) is 0 Å². The van der Waals surface area contributed by atoms with Crippen LogP contribution in [0, 0.1) is 6.92 Å². The first-order chi connectivity index (χ1) is 12.6. The number of amides is 1. The van der Waals surface area contributed by atoms with Crippen molar-refractivity contribution in [1.82, 2.24) is 4.98 Å². The summed E-state index contributed by atoms with van der Waals surface area (Å²) in [5, 5.41) is 6.15. The number of rotatable bonds is 9. The average molecular weight is 356 g/mol. The van der Waals surface area contributed by atoms with Gasteiger partial charge in [-0.3, -0.25) is 9.78 Å². The van der Waals surface area contributed by atoms with Gasteiger partial charge in [0.25, 0.3) is 5.91 Å². The highest BCUT2D eigenvalue weighted by Crippen LogP contribution is 2.23. The maximum atomic E-state index is 12.6. The largest absolute Gasteiger partial charge is 0.383 e. The van der Waals surface area contributed by atoms with Crippen LogP contribution in [0.5, 0.6) is 0 Å². The van der Waals surface area contributed by atoms with Gasteiger partial charge in [0.15, 0.2) is 0 Å². The zero-order chi connectivity index (χ0) is 18.9. The number of anilines is 3. The van der Waals surface area contributed by atoms with Crippen LogP contribution in [0.1, 0.15) is 29.8 Å². The van der Waals surface area contributed by atoms with E-state index in [1.54, 1.807) is 25.6 Å². The number of carbonyl (C=O) groups excluding carboxylic acids is 1. The first-order valence-corrected chi connectivity index (χ1v) is 8.93. The Morgan fingerprint density at radius 2 is 1.96 bits per heavy atom. The Kier molecular flexibility index (Phi) is 7.41. The van der Waals surface area contributed by atoms with Crippen LogP contribution in [-0.2, 0) is 4.74 Å². The van der Waals surface area contributed by atoms with Crippen LogP contribution in [0.25, 0.3) is 0 Å². The fraction of sp³-hybridized carbons (Fsp3) is 0.400. The van der Waals surface area contributed by atoms with E-state index in [2.05, 4.69) is 40.4 Å². The molecular formula is C20H28N4O2. The van der Waals surface area contributed by atoms with E-state index < -0.39 is 0 Å². The van der Waals surface area contributed by atoms with E-state index in [1.165, 1.54) is 0 Å². The quantitative estimate of drug-likeness (QED) is 0.673. The van der Waals surface area contributed by atoms with E-state index in [0.717, 1.165) is 35.7 Å². The Hall–Kier alpha value is -2.60. The van der Waals surface area contributed by atoms with E-state index in [-0.39, 0.29) is 5.91 Å². The van der Waals surface area contributed by atoms with Gasteiger partial charge in [0.2, 0.25) is 0 Å². The Labute approximate surface area is 155 Å². The molecule has 1 amide bonds. The maximum Gasteiger partial charge on any atom is 0.257 e. The lowest BCUT2D eigenvalue weighted by atomic mass is 10.1. The number of carbonyl (C=O) groups is 1. The number of nitrogens with one attached hydrogen (secondary N) is 2. The van der Waals surface area contributed by atoms with Crippen molar-refractivity contribution >= 4 is 23.0 Å². The van der Waals surface area contributed by atoms with Gasteiger partial charge in [0, 0.05) is 50.5 Å². The maximum absolute atomic E-state index is 12.6. The summed E-state index contributed by atoms with van der Waals surface area (Å²) in [5.74, 6) is -0.174. The van der Waals surface area contributed by atoms with Crippen LogP contribution in [0.15, 0.2) is 36.7 Å². The second kappa shape index (κ2) is 9.77. The lowest BCUT2D eigenvalue weighted by Crippen LogP contribution is -2.22. The summed E-state index contributed by atoms with van der Waals surface area (Å²) < 4.78 is 5.01. The SMILES string of the molecule is CCN(CC)c1ccc(NC(=O)c2cncc(NCCOC)c2)c(C)c1. The Bertz CT molecular complexity index is 730. The third-order valence-corrected chi connectivity index (χ3v) is 4.22. The third-order valence-electron chi connectivity index (χ3n) is 4.22. The normalized spacial score (nSPS) is 10.5. The third kappa shape index (κ3) is 5.20. The van der Waals surface area contributed by atoms with Crippen LogP contribution >= 0.6 is 0 Å². The number of benzene rings is 1. The molecule has 6 heteroatoms. The number of ether oxygens (including phenoxy) is 1. The van der Waals surface area contributed by atoms with Crippen molar-refractivity contribution in [1.29, 1.82) is 0 Å². The van der Waals surface area contributed by atoms with Gasteiger partial charge < -0.3 is 20.3 Å². The highest BCUT2D eigenvalue weighted by molar-refractivity contribution is 6.05. The molecule has 6 nitrogen and oxygen atoms in total. The highest BCUT2D eigenvalue weighted by atomic mass is 16.5. The van der Waals surface area contributed by atoms with E-state index in [0.29, 0.717) is 18.7 Å². The predicted molar refractivity (Wildman–Crippen MR) is 107 cm³/mol. The minimum atomic E-state index is -0.174. The molecule has 0 fully saturated rings. The van der Waals surface area contributed by atoms with Crippen LogP contribution in [0.3, 0.4) is 0 Å². The number of nitrogens with zero attached hydrogens (tertiary/aromatic N) is 2. The van der Waals surface area contributed by atoms with E-state index in [4.69, 9.17) is 4.74 Å². The summed E-state index contributed by atoms with van der Waals surface area (Å²) in [7, 11) is 1.65. The average Bonchev–Trinajstić information content (AvgIpc) is 2.65. The molecule has 0 radical (unpaired) electrons. The summed E-state index contributed by atoms with van der Waals surface area (Å²) >= 11 is 0. The number of hydrogen-bond acceptors (Lipinski definition) is 5. The van der Waals surface area contributed by atoms with Gasteiger partial charge in [0.05, 0.1) is 17.9 Å². The molecule has 1 heterocycles. The lowest BCUT2D eigenvalue weighted by Gasteiger charge is -2.22. The van der Waals surface area contributed by atoms with Gasteiger partial charge in [-0.2, -0.15) is 0 Å². The van der Waals surface area contributed by atoms with E-state index >= 15 is 0 Å². The van der Waals surface area contributed by atoms with Gasteiger partial charge >= 0.3 is 0 Å². The monoisotopic (exact) mass is 356 g/mol. The lowest BCUT2D eigenvalue weighted by molar-refractivity contribution is 0.102. The molecule has 0 unspecified atom stereocenters. The Morgan fingerprint density at radius 1 is 1.19 bits per heavy atom. The van der Waals surface area contributed by atoms with Crippen LogP contribution in [0.4, 0.5) is 17.1 Å². The molecule has 1 aromatic heterocycles. The second-order valence-corrected chi connectivity index (χ2v) is 6.01. The minimum Gasteiger partial charge on any atom is -0.383 e. The highest BCUT2D eigenvalue weighted by Gasteiger charge is 2.11. The molecule has 0 atom stereocenters. The number of hydrogen-bond donors (Lipinski definition) is 2. The number of methoxy groups -OCH3 is 1.